The predicted octanol–water partition coefficient (Wildman–Crippen LogP) is 3.45. The van der Waals surface area contributed by atoms with E-state index in [1.165, 1.54) is 12.1 Å². The first-order chi connectivity index (χ1) is 10.1. The third-order valence-corrected chi connectivity index (χ3v) is 3.48. The lowest BCUT2D eigenvalue weighted by atomic mass is 9.84. The molecule has 1 atom stereocenters. The average Bonchev–Trinajstić information content (AvgIpc) is 2.43. The Labute approximate surface area is 125 Å². The third kappa shape index (κ3) is 4.80. The van der Waals surface area contributed by atoms with E-state index in [9.17, 15) is 23.1 Å². The van der Waals surface area contributed by atoms with Gasteiger partial charge in [-0.15, -0.1) is 13.2 Å². The number of nitrogens with one attached hydrogen (secondary N) is 1. The van der Waals surface area contributed by atoms with E-state index in [-0.39, 0.29) is 12.8 Å². The summed E-state index contributed by atoms with van der Waals surface area (Å²) in [7, 11) is 0. The minimum Gasteiger partial charge on any atom is -0.465 e. The number of halogens is 3. The van der Waals surface area contributed by atoms with Crippen LogP contribution in [-0.4, -0.2) is 28.3 Å². The molecule has 0 saturated heterocycles. The molecule has 1 rings (SSSR count). The van der Waals surface area contributed by atoms with Crippen LogP contribution in [0.3, 0.4) is 0 Å². The molecule has 1 unspecified atom stereocenters. The minimum atomic E-state index is -4.80. The number of aliphatic hydroxyl groups is 1. The zero-order valence-electron chi connectivity index (χ0n) is 12.1. The lowest BCUT2D eigenvalue weighted by Crippen LogP contribution is -2.45. The van der Waals surface area contributed by atoms with E-state index in [1.807, 2.05) is 0 Å². The second-order valence-electron chi connectivity index (χ2n) is 4.81. The van der Waals surface area contributed by atoms with Crippen molar-refractivity contribution >= 4 is 6.09 Å². The Morgan fingerprint density at radius 1 is 1.23 bits per heavy atom. The fourth-order valence-corrected chi connectivity index (χ4v) is 2.17. The van der Waals surface area contributed by atoms with Crippen LogP contribution in [-0.2, 0) is 0 Å². The standard InChI is InChI=1S/C14H18F3NO4/c1-3-13(21,4-2)11(18-12(19)20)9-5-7-10(8-6-9)22-14(15,16)17/h5-8,11,18,21H,3-4H2,1-2H3,(H,19,20). The zero-order chi connectivity index (χ0) is 17.0. The average molecular weight is 321 g/mol. The molecule has 0 aromatic heterocycles. The van der Waals surface area contributed by atoms with Crippen LogP contribution in [0.2, 0.25) is 0 Å². The minimum absolute atomic E-state index is 0.273. The second kappa shape index (κ2) is 6.87. The van der Waals surface area contributed by atoms with Crippen LogP contribution in [0.25, 0.3) is 0 Å². The van der Waals surface area contributed by atoms with Crippen molar-refractivity contribution in [3.05, 3.63) is 29.8 Å². The summed E-state index contributed by atoms with van der Waals surface area (Å²) in [6.45, 7) is 3.39. The monoisotopic (exact) mass is 321 g/mol. The van der Waals surface area contributed by atoms with Crippen molar-refractivity contribution in [2.75, 3.05) is 0 Å². The van der Waals surface area contributed by atoms with Crippen molar-refractivity contribution < 1.29 is 32.9 Å². The van der Waals surface area contributed by atoms with Crippen LogP contribution in [0, 0.1) is 0 Å². The molecule has 0 spiro atoms. The van der Waals surface area contributed by atoms with E-state index in [4.69, 9.17) is 5.11 Å². The lowest BCUT2D eigenvalue weighted by molar-refractivity contribution is -0.274. The molecule has 1 amide bonds. The molecule has 5 nitrogen and oxygen atoms in total. The van der Waals surface area contributed by atoms with Crippen LogP contribution in [0.15, 0.2) is 24.3 Å². The van der Waals surface area contributed by atoms with Gasteiger partial charge in [0, 0.05) is 0 Å². The summed E-state index contributed by atoms with van der Waals surface area (Å²) in [6, 6.07) is 3.77. The summed E-state index contributed by atoms with van der Waals surface area (Å²) in [5.74, 6) is -0.415. The van der Waals surface area contributed by atoms with Crippen molar-refractivity contribution in [2.45, 2.75) is 44.7 Å². The highest BCUT2D eigenvalue weighted by Gasteiger charge is 2.36. The van der Waals surface area contributed by atoms with E-state index >= 15 is 0 Å². The zero-order valence-corrected chi connectivity index (χ0v) is 12.1. The summed E-state index contributed by atoms with van der Waals surface area (Å²) in [6.07, 6.45) is -5.58. The number of alkyl halides is 3. The van der Waals surface area contributed by atoms with E-state index in [0.717, 1.165) is 12.1 Å². The molecule has 0 aliphatic rings. The van der Waals surface area contributed by atoms with Gasteiger partial charge in [-0.25, -0.2) is 4.79 Å². The highest BCUT2D eigenvalue weighted by Crippen LogP contribution is 2.33. The van der Waals surface area contributed by atoms with Crippen molar-refractivity contribution in [1.82, 2.24) is 5.32 Å². The van der Waals surface area contributed by atoms with Crippen LogP contribution in [0.4, 0.5) is 18.0 Å². The van der Waals surface area contributed by atoms with Crippen molar-refractivity contribution in [3.8, 4) is 5.75 Å². The van der Waals surface area contributed by atoms with Gasteiger partial charge in [0.25, 0.3) is 0 Å². The van der Waals surface area contributed by atoms with Gasteiger partial charge in [0.15, 0.2) is 0 Å². The first kappa shape index (κ1) is 18.1. The second-order valence-corrected chi connectivity index (χ2v) is 4.81. The number of ether oxygens (including phenoxy) is 1. The molecular weight excluding hydrogens is 303 g/mol. The number of amides is 1. The fourth-order valence-electron chi connectivity index (χ4n) is 2.17. The first-order valence-electron chi connectivity index (χ1n) is 6.69. The van der Waals surface area contributed by atoms with Crippen molar-refractivity contribution in [1.29, 1.82) is 0 Å². The van der Waals surface area contributed by atoms with E-state index in [0.29, 0.717) is 5.56 Å². The van der Waals surface area contributed by atoms with Gasteiger partial charge in [0.2, 0.25) is 0 Å². The summed E-state index contributed by atoms with van der Waals surface area (Å²) in [4.78, 5) is 10.9. The molecule has 124 valence electrons. The van der Waals surface area contributed by atoms with E-state index < -0.39 is 29.8 Å². The Bertz CT molecular complexity index is 498. The van der Waals surface area contributed by atoms with Crippen molar-refractivity contribution in [3.63, 3.8) is 0 Å². The summed E-state index contributed by atoms with van der Waals surface area (Å²) in [5.41, 5.74) is -0.992. The summed E-state index contributed by atoms with van der Waals surface area (Å²) >= 11 is 0. The van der Waals surface area contributed by atoms with Gasteiger partial charge < -0.3 is 20.3 Å². The highest BCUT2D eigenvalue weighted by atomic mass is 19.4. The molecule has 3 N–H and O–H groups in total. The quantitative estimate of drug-likeness (QED) is 0.750. The molecule has 0 aliphatic heterocycles. The van der Waals surface area contributed by atoms with Crippen LogP contribution >= 0.6 is 0 Å². The predicted molar refractivity (Wildman–Crippen MR) is 72.6 cm³/mol. The largest absolute Gasteiger partial charge is 0.573 e. The van der Waals surface area contributed by atoms with Gasteiger partial charge in [-0.3, -0.25) is 0 Å². The van der Waals surface area contributed by atoms with Gasteiger partial charge in [-0.05, 0) is 30.5 Å². The maximum Gasteiger partial charge on any atom is 0.573 e. The topological polar surface area (TPSA) is 78.8 Å². The van der Waals surface area contributed by atoms with Gasteiger partial charge in [-0.2, -0.15) is 0 Å². The molecule has 0 aliphatic carbocycles. The van der Waals surface area contributed by atoms with E-state index in [1.54, 1.807) is 13.8 Å². The molecule has 0 saturated carbocycles. The highest BCUT2D eigenvalue weighted by molar-refractivity contribution is 5.65. The fraction of sp³-hybridized carbons (Fsp3) is 0.500. The van der Waals surface area contributed by atoms with E-state index in [2.05, 4.69) is 10.1 Å². The number of hydrogen-bond donors (Lipinski definition) is 3. The maximum atomic E-state index is 12.1. The number of hydrogen-bond acceptors (Lipinski definition) is 3. The molecule has 0 bridgehead atoms. The molecule has 0 radical (unpaired) electrons. The Hall–Kier alpha value is -1.96. The maximum absolute atomic E-state index is 12.1. The number of rotatable bonds is 6. The Morgan fingerprint density at radius 2 is 1.73 bits per heavy atom. The van der Waals surface area contributed by atoms with Crippen LogP contribution < -0.4 is 10.1 Å². The molecular formula is C14H18F3NO4. The lowest BCUT2D eigenvalue weighted by Gasteiger charge is -2.35. The van der Waals surface area contributed by atoms with Crippen molar-refractivity contribution in [2.24, 2.45) is 0 Å². The summed E-state index contributed by atoms with van der Waals surface area (Å²) in [5, 5.41) is 21.6. The van der Waals surface area contributed by atoms with Gasteiger partial charge in [-0.1, -0.05) is 26.0 Å². The van der Waals surface area contributed by atoms with Gasteiger partial charge >= 0.3 is 12.5 Å². The first-order valence-corrected chi connectivity index (χ1v) is 6.69. The SMILES string of the molecule is CCC(O)(CC)C(NC(=O)O)c1ccc(OC(F)(F)F)cc1. The Kier molecular flexibility index (Phi) is 5.65. The number of benzene rings is 1. The molecule has 1 aromatic carbocycles. The number of carboxylic acid groups (broad SMARTS) is 1. The molecule has 0 fully saturated rings. The Morgan fingerprint density at radius 3 is 2.09 bits per heavy atom. The van der Waals surface area contributed by atoms with Gasteiger partial charge in [0.05, 0.1) is 11.6 Å². The van der Waals surface area contributed by atoms with Crippen LogP contribution in [0.1, 0.15) is 38.3 Å². The van der Waals surface area contributed by atoms with Crippen LogP contribution in [0.5, 0.6) is 5.75 Å². The molecule has 0 heterocycles. The smallest absolute Gasteiger partial charge is 0.465 e. The Balaban J connectivity index is 3.08. The summed E-state index contributed by atoms with van der Waals surface area (Å²) < 4.78 is 40.1. The molecule has 22 heavy (non-hydrogen) atoms. The number of carbonyl (C=O) groups is 1. The third-order valence-electron chi connectivity index (χ3n) is 3.48. The molecule has 1 aromatic rings. The molecule has 8 heteroatoms. The normalized spacial score (nSPS) is 13.5. The van der Waals surface area contributed by atoms with Gasteiger partial charge in [0.1, 0.15) is 5.75 Å².